The summed E-state index contributed by atoms with van der Waals surface area (Å²) in [6.45, 7) is 8.15. The summed E-state index contributed by atoms with van der Waals surface area (Å²) in [5, 5.41) is 0. The number of ether oxygens (including phenoxy) is 2. The molecule has 0 amide bonds. The molecule has 5 nitrogen and oxygen atoms in total. The van der Waals surface area contributed by atoms with Crippen LogP contribution in [0.2, 0.25) is 0 Å². The molecule has 1 saturated carbocycles. The van der Waals surface area contributed by atoms with Gasteiger partial charge in [0, 0.05) is 12.3 Å². The zero-order chi connectivity index (χ0) is 15.8. The SMILES string of the molecule is CCC1C(=O)C(CC)C23CC(C)CCC24OOC(C)(O4)C1O3. The number of hydrogen-bond acceptors (Lipinski definition) is 5. The van der Waals surface area contributed by atoms with Gasteiger partial charge in [0.2, 0.25) is 11.6 Å². The molecule has 2 spiro atoms. The second-order valence-corrected chi connectivity index (χ2v) is 7.69. The second kappa shape index (κ2) is 4.53. The Morgan fingerprint density at radius 1 is 1.23 bits per heavy atom. The zero-order valence-corrected chi connectivity index (χ0v) is 13.9. The van der Waals surface area contributed by atoms with Crippen LogP contribution >= 0.6 is 0 Å². The minimum Gasteiger partial charge on any atom is -0.359 e. The molecule has 4 fully saturated rings. The molecule has 4 bridgehead atoms. The molecule has 1 aliphatic carbocycles. The van der Waals surface area contributed by atoms with Crippen molar-refractivity contribution in [2.75, 3.05) is 0 Å². The Balaban J connectivity index is 1.87. The van der Waals surface area contributed by atoms with Gasteiger partial charge in [-0.3, -0.25) is 4.79 Å². The van der Waals surface area contributed by atoms with Crippen LogP contribution in [0.25, 0.3) is 0 Å². The summed E-state index contributed by atoms with van der Waals surface area (Å²) in [7, 11) is 0. The third-order valence-corrected chi connectivity index (χ3v) is 6.31. The number of Topliss-reactive ketones (excluding diaryl/α,β-unsaturated/α-hetero) is 1. The zero-order valence-electron chi connectivity index (χ0n) is 13.9. The van der Waals surface area contributed by atoms with Gasteiger partial charge in [-0.25, -0.2) is 0 Å². The van der Waals surface area contributed by atoms with Crippen molar-refractivity contribution >= 4 is 5.78 Å². The van der Waals surface area contributed by atoms with E-state index in [1.54, 1.807) is 0 Å². The Bertz CT molecular complexity index is 507. The van der Waals surface area contributed by atoms with E-state index in [0.29, 0.717) is 11.7 Å². The van der Waals surface area contributed by atoms with Crippen LogP contribution in [-0.2, 0) is 24.0 Å². The predicted molar refractivity (Wildman–Crippen MR) is 77.6 cm³/mol. The first-order valence-electron chi connectivity index (χ1n) is 8.70. The van der Waals surface area contributed by atoms with Gasteiger partial charge in [0.25, 0.3) is 0 Å². The van der Waals surface area contributed by atoms with E-state index < -0.39 is 17.2 Å². The molecule has 0 N–H and O–H groups in total. The molecule has 3 saturated heterocycles. The van der Waals surface area contributed by atoms with Crippen molar-refractivity contribution in [1.29, 1.82) is 0 Å². The lowest BCUT2D eigenvalue weighted by Gasteiger charge is -2.61. The minimum absolute atomic E-state index is 0.178. The van der Waals surface area contributed by atoms with Crippen LogP contribution in [0.1, 0.15) is 59.8 Å². The lowest BCUT2D eigenvalue weighted by Crippen LogP contribution is -2.76. The van der Waals surface area contributed by atoms with E-state index in [0.717, 1.165) is 32.1 Å². The highest BCUT2D eigenvalue weighted by Crippen LogP contribution is 2.63. The maximum Gasteiger partial charge on any atom is 0.234 e. The van der Waals surface area contributed by atoms with Crippen molar-refractivity contribution in [3.05, 3.63) is 0 Å². The minimum atomic E-state index is -0.973. The first-order valence-corrected chi connectivity index (χ1v) is 8.70. The van der Waals surface area contributed by atoms with Gasteiger partial charge in [0.05, 0.1) is 5.92 Å². The second-order valence-electron chi connectivity index (χ2n) is 7.69. The highest BCUT2D eigenvalue weighted by Gasteiger charge is 2.78. The van der Waals surface area contributed by atoms with Crippen LogP contribution in [-0.4, -0.2) is 29.1 Å². The predicted octanol–water partition coefficient (Wildman–Crippen LogP) is 2.97. The Morgan fingerprint density at radius 2 is 2.00 bits per heavy atom. The average molecular weight is 310 g/mol. The lowest BCUT2D eigenvalue weighted by atomic mass is 9.60. The van der Waals surface area contributed by atoms with Crippen LogP contribution in [0.3, 0.4) is 0 Å². The Labute approximate surface area is 131 Å². The van der Waals surface area contributed by atoms with E-state index in [4.69, 9.17) is 19.2 Å². The molecule has 7 unspecified atom stereocenters. The highest BCUT2D eigenvalue weighted by molar-refractivity contribution is 5.86. The highest BCUT2D eigenvalue weighted by atomic mass is 17.3. The Hall–Kier alpha value is -0.490. The monoisotopic (exact) mass is 310 g/mol. The summed E-state index contributed by atoms with van der Waals surface area (Å²) in [5.41, 5.74) is -0.692. The normalized spacial score (nSPS) is 56.8. The molecule has 0 aromatic rings. The van der Waals surface area contributed by atoms with Crippen molar-refractivity contribution in [2.45, 2.75) is 83.1 Å². The van der Waals surface area contributed by atoms with Crippen LogP contribution in [0.15, 0.2) is 0 Å². The van der Waals surface area contributed by atoms with Gasteiger partial charge in [-0.2, -0.15) is 9.78 Å². The fraction of sp³-hybridized carbons (Fsp3) is 0.941. The molecule has 4 rings (SSSR count). The van der Waals surface area contributed by atoms with Crippen LogP contribution < -0.4 is 0 Å². The topological polar surface area (TPSA) is 54.0 Å². The van der Waals surface area contributed by atoms with E-state index in [9.17, 15) is 4.79 Å². The van der Waals surface area contributed by atoms with E-state index in [-0.39, 0.29) is 17.9 Å². The molecule has 22 heavy (non-hydrogen) atoms. The van der Waals surface area contributed by atoms with Crippen LogP contribution in [0.4, 0.5) is 0 Å². The number of rotatable bonds is 2. The van der Waals surface area contributed by atoms with Gasteiger partial charge >= 0.3 is 0 Å². The first kappa shape index (κ1) is 15.1. The van der Waals surface area contributed by atoms with E-state index >= 15 is 0 Å². The fourth-order valence-electron chi connectivity index (χ4n) is 5.28. The summed E-state index contributed by atoms with van der Waals surface area (Å²) in [6, 6.07) is 0. The van der Waals surface area contributed by atoms with Crippen molar-refractivity contribution in [3.63, 3.8) is 0 Å². The first-order chi connectivity index (χ1) is 10.4. The van der Waals surface area contributed by atoms with E-state index in [1.807, 2.05) is 13.8 Å². The smallest absolute Gasteiger partial charge is 0.234 e. The molecule has 7 atom stereocenters. The van der Waals surface area contributed by atoms with Crippen molar-refractivity contribution < 1.29 is 24.0 Å². The number of ketones is 1. The van der Waals surface area contributed by atoms with E-state index in [1.165, 1.54) is 0 Å². The number of fused-ring (bicyclic) bond motifs is 3. The van der Waals surface area contributed by atoms with Crippen molar-refractivity contribution in [3.8, 4) is 0 Å². The summed E-state index contributed by atoms with van der Waals surface area (Å²) in [6.07, 6.45) is 3.62. The fourth-order valence-corrected chi connectivity index (χ4v) is 5.28. The molecule has 5 heteroatoms. The molecular formula is C17H26O5. The molecule has 4 aliphatic rings. The average Bonchev–Trinajstić information content (AvgIpc) is 2.80. The summed E-state index contributed by atoms with van der Waals surface area (Å²) in [4.78, 5) is 24.6. The number of carbonyl (C=O) groups is 1. The van der Waals surface area contributed by atoms with Gasteiger partial charge in [0.1, 0.15) is 17.5 Å². The maximum atomic E-state index is 13.2. The molecule has 3 aliphatic heterocycles. The van der Waals surface area contributed by atoms with E-state index in [2.05, 4.69) is 13.8 Å². The Kier molecular flexibility index (Phi) is 3.10. The summed E-state index contributed by atoms with van der Waals surface area (Å²) in [5.74, 6) is -1.45. The standard InChI is InChI=1S/C17H26O5/c1-5-11-13(18)12(6-2)16-9-10(3)7-8-17(16)20-15(4,21-22-17)14(11)19-16/h10-12,14H,5-9H2,1-4H3. The van der Waals surface area contributed by atoms with Gasteiger partial charge in [-0.1, -0.05) is 20.8 Å². The molecule has 0 aromatic heterocycles. The molecule has 3 heterocycles. The Morgan fingerprint density at radius 3 is 2.68 bits per heavy atom. The molecule has 0 radical (unpaired) electrons. The summed E-state index contributed by atoms with van der Waals surface area (Å²) >= 11 is 0. The van der Waals surface area contributed by atoms with Crippen LogP contribution in [0.5, 0.6) is 0 Å². The molecule has 0 aromatic carbocycles. The summed E-state index contributed by atoms with van der Waals surface area (Å²) < 4.78 is 13.0. The van der Waals surface area contributed by atoms with Crippen molar-refractivity contribution in [2.24, 2.45) is 17.8 Å². The van der Waals surface area contributed by atoms with Gasteiger partial charge in [-0.05, 0) is 38.5 Å². The van der Waals surface area contributed by atoms with Gasteiger partial charge < -0.3 is 9.47 Å². The molecule has 124 valence electrons. The maximum absolute atomic E-state index is 13.2. The number of hydrogen-bond donors (Lipinski definition) is 0. The van der Waals surface area contributed by atoms with Gasteiger partial charge in [0.15, 0.2) is 0 Å². The van der Waals surface area contributed by atoms with Crippen molar-refractivity contribution in [1.82, 2.24) is 0 Å². The van der Waals surface area contributed by atoms with Gasteiger partial charge in [-0.15, -0.1) is 0 Å². The lowest BCUT2D eigenvalue weighted by molar-refractivity contribution is -0.403. The molecular weight excluding hydrogens is 284 g/mol. The number of carbonyl (C=O) groups excluding carboxylic acids is 1. The quantitative estimate of drug-likeness (QED) is 0.734. The third kappa shape index (κ3) is 1.56. The third-order valence-electron chi connectivity index (χ3n) is 6.31. The largest absolute Gasteiger partial charge is 0.359 e. The van der Waals surface area contributed by atoms with Crippen LogP contribution in [0, 0.1) is 17.8 Å².